The molecule has 0 radical (unpaired) electrons. The van der Waals surface area contributed by atoms with Crippen molar-refractivity contribution < 1.29 is 44.7 Å². The van der Waals surface area contributed by atoms with Crippen LogP contribution in [0.1, 0.15) is 35.2 Å². The van der Waals surface area contributed by atoms with Crippen LogP contribution in [0.25, 0.3) is 0 Å². The van der Waals surface area contributed by atoms with Gasteiger partial charge in [-0.3, -0.25) is 19.2 Å². The number of fused-ring (bicyclic) bond motifs is 3. The van der Waals surface area contributed by atoms with Crippen molar-refractivity contribution in [2.24, 2.45) is 17.6 Å². The number of allylic oxidation sites excluding steroid dienone is 1. The fourth-order valence-electron chi connectivity index (χ4n) is 5.66. The standard InChI is InChI=1S/C24H27N3O9/c1-8-14-10(26-13(30)7-27(2)3)4-5-11(28)16(14)20(32)18-15(8)19(31)9-6-12(29)17(23(25)35)21(33)24(9,36)22(18)34/h4-5,8-9,15,19,28-29,31,34,36H,6-7H2,1-3H3,(H2,25,35)(H,26,30)/t8-,9+,15+,19+,24+/m0/s1. The second-order valence-corrected chi connectivity index (χ2v) is 9.70. The third-order valence-electron chi connectivity index (χ3n) is 7.21. The van der Waals surface area contributed by atoms with Crippen LogP contribution in [-0.4, -0.2) is 86.2 Å². The van der Waals surface area contributed by atoms with Crippen LogP contribution in [0.15, 0.2) is 34.8 Å². The van der Waals surface area contributed by atoms with Crippen molar-refractivity contribution in [3.63, 3.8) is 0 Å². The number of nitrogens with two attached hydrogens (primary N) is 1. The van der Waals surface area contributed by atoms with E-state index in [0.717, 1.165) is 0 Å². The van der Waals surface area contributed by atoms with Crippen LogP contribution in [-0.2, 0) is 14.4 Å². The smallest absolute Gasteiger partial charge is 0.255 e. The highest BCUT2D eigenvalue weighted by molar-refractivity contribution is 6.24. The van der Waals surface area contributed by atoms with Crippen molar-refractivity contribution >= 4 is 29.1 Å². The van der Waals surface area contributed by atoms with Gasteiger partial charge in [-0.15, -0.1) is 0 Å². The van der Waals surface area contributed by atoms with Gasteiger partial charge in [-0.1, -0.05) is 6.92 Å². The third-order valence-corrected chi connectivity index (χ3v) is 7.21. The molecule has 0 spiro atoms. The van der Waals surface area contributed by atoms with E-state index in [9.17, 15) is 44.7 Å². The monoisotopic (exact) mass is 501 g/mol. The molecular formula is C24H27N3O9. The molecule has 12 nitrogen and oxygen atoms in total. The molecule has 1 aromatic rings. The molecule has 12 heteroatoms. The molecular weight excluding hydrogens is 474 g/mol. The summed E-state index contributed by atoms with van der Waals surface area (Å²) in [5.74, 6) is -9.96. The molecule has 3 aliphatic carbocycles. The number of aliphatic hydroxyl groups is 4. The molecule has 5 atom stereocenters. The van der Waals surface area contributed by atoms with Gasteiger partial charge in [0.2, 0.25) is 11.7 Å². The Hall–Kier alpha value is -3.74. The van der Waals surface area contributed by atoms with E-state index in [1.165, 1.54) is 12.1 Å². The normalized spacial score (nSPS) is 29.6. The lowest BCUT2D eigenvalue weighted by atomic mass is 9.56. The van der Waals surface area contributed by atoms with Gasteiger partial charge in [0.15, 0.2) is 11.4 Å². The van der Waals surface area contributed by atoms with Crippen molar-refractivity contribution in [2.45, 2.75) is 31.0 Å². The van der Waals surface area contributed by atoms with Crippen LogP contribution in [0.2, 0.25) is 0 Å². The van der Waals surface area contributed by atoms with Gasteiger partial charge in [-0.25, -0.2) is 0 Å². The number of benzene rings is 1. The van der Waals surface area contributed by atoms with Gasteiger partial charge in [-0.05, 0) is 37.7 Å². The molecule has 0 saturated heterocycles. The van der Waals surface area contributed by atoms with E-state index in [4.69, 9.17) is 5.73 Å². The van der Waals surface area contributed by atoms with Crippen molar-refractivity contribution in [3.05, 3.63) is 45.9 Å². The number of hydrogen-bond acceptors (Lipinski definition) is 10. The first kappa shape index (κ1) is 25.4. The summed E-state index contributed by atoms with van der Waals surface area (Å²) in [4.78, 5) is 52.5. The molecule has 1 aromatic carbocycles. The predicted molar refractivity (Wildman–Crippen MR) is 124 cm³/mol. The molecule has 0 heterocycles. The highest BCUT2D eigenvalue weighted by Crippen LogP contribution is 2.55. The van der Waals surface area contributed by atoms with Gasteiger partial charge in [-0.2, -0.15) is 0 Å². The summed E-state index contributed by atoms with van der Waals surface area (Å²) >= 11 is 0. The fraction of sp³-hybridized carbons (Fsp3) is 0.417. The van der Waals surface area contributed by atoms with E-state index in [1.54, 1.807) is 25.9 Å². The highest BCUT2D eigenvalue weighted by atomic mass is 16.4. The number of phenols is 1. The Bertz CT molecular complexity index is 1280. The second kappa shape index (κ2) is 8.43. The maximum absolute atomic E-state index is 13.6. The summed E-state index contributed by atoms with van der Waals surface area (Å²) in [5.41, 5.74) is 0.977. The van der Waals surface area contributed by atoms with Gasteiger partial charge >= 0.3 is 0 Å². The number of anilines is 1. The van der Waals surface area contributed by atoms with Crippen molar-refractivity contribution in [1.29, 1.82) is 0 Å². The number of amides is 2. The number of hydrogen-bond donors (Lipinski definition) is 7. The maximum atomic E-state index is 13.6. The Balaban J connectivity index is 1.92. The molecule has 192 valence electrons. The van der Waals surface area contributed by atoms with E-state index >= 15 is 0 Å². The molecule has 0 saturated carbocycles. The van der Waals surface area contributed by atoms with E-state index < -0.39 is 87.7 Å². The fourth-order valence-corrected chi connectivity index (χ4v) is 5.66. The number of nitrogens with zero attached hydrogens (tertiary/aromatic N) is 1. The largest absolute Gasteiger partial charge is 0.511 e. The Kier molecular flexibility index (Phi) is 5.94. The van der Waals surface area contributed by atoms with Gasteiger partial charge in [0.05, 0.1) is 18.2 Å². The van der Waals surface area contributed by atoms with E-state index in [2.05, 4.69) is 5.32 Å². The minimum atomic E-state index is -2.90. The average Bonchev–Trinajstić information content (AvgIpc) is 2.77. The first-order valence-electron chi connectivity index (χ1n) is 11.2. The summed E-state index contributed by atoms with van der Waals surface area (Å²) < 4.78 is 0. The Labute approximate surface area is 205 Å². The van der Waals surface area contributed by atoms with Crippen molar-refractivity contribution in [3.8, 4) is 5.75 Å². The molecule has 0 aliphatic heterocycles. The Morgan fingerprint density at radius 2 is 1.83 bits per heavy atom. The number of aliphatic hydroxyl groups excluding tert-OH is 3. The van der Waals surface area contributed by atoms with Gasteiger partial charge in [0.1, 0.15) is 22.8 Å². The number of ketones is 2. The summed E-state index contributed by atoms with van der Waals surface area (Å²) in [6.45, 7) is 1.62. The number of phenolic OH excluding ortho intramolecular Hbond substituents is 1. The number of Topliss-reactive ketones (excluding diaryl/α,β-unsaturated/α-hetero) is 2. The van der Waals surface area contributed by atoms with Gasteiger partial charge < -0.3 is 41.5 Å². The average molecular weight is 501 g/mol. The highest BCUT2D eigenvalue weighted by Gasteiger charge is 2.64. The van der Waals surface area contributed by atoms with Crippen LogP contribution in [0, 0.1) is 11.8 Å². The summed E-state index contributed by atoms with van der Waals surface area (Å²) in [5, 5.41) is 57.2. The second-order valence-electron chi connectivity index (χ2n) is 9.70. The number of carbonyl (C=O) groups is 4. The van der Waals surface area contributed by atoms with Crippen LogP contribution in [0.5, 0.6) is 5.75 Å². The van der Waals surface area contributed by atoms with Gasteiger partial charge in [0.25, 0.3) is 5.91 Å². The Morgan fingerprint density at radius 3 is 2.42 bits per heavy atom. The maximum Gasteiger partial charge on any atom is 0.255 e. The number of primary amides is 1. The van der Waals surface area contributed by atoms with E-state index in [0.29, 0.717) is 0 Å². The molecule has 4 rings (SSSR count). The molecule has 8 N–H and O–H groups in total. The summed E-state index contributed by atoms with van der Waals surface area (Å²) in [6.07, 6.45) is -2.23. The summed E-state index contributed by atoms with van der Waals surface area (Å²) in [6, 6.07) is 2.59. The Morgan fingerprint density at radius 1 is 1.19 bits per heavy atom. The van der Waals surface area contributed by atoms with Gasteiger partial charge in [0, 0.05) is 29.5 Å². The minimum absolute atomic E-state index is 0.0288. The number of carbonyl (C=O) groups excluding carboxylic acids is 4. The molecule has 0 bridgehead atoms. The first-order valence-corrected chi connectivity index (χ1v) is 11.2. The number of nitrogens with one attached hydrogen (secondary N) is 1. The zero-order chi connectivity index (χ0) is 26.9. The topological polar surface area (TPSA) is 211 Å². The quantitative estimate of drug-likeness (QED) is 0.210. The summed E-state index contributed by atoms with van der Waals surface area (Å²) in [7, 11) is 3.38. The lowest BCUT2D eigenvalue weighted by Crippen LogP contribution is -2.62. The van der Waals surface area contributed by atoms with E-state index in [-0.39, 0.29) is 23.4 Å². The first-order chi connectivity index (χ1) is 16.7. The lowest BCUT2D eigenvalue weighted by molar-refractivity contribution is -0.154. The van der Waals surface area contributed by atoms with E-state index in [1.807, 2.05) is 0 Å². The zero-order valence-electron chi connectivity index (χ0n) is 19.8. The predicted octanol–water partition coefficient (Wildman–Crippen LogP) is -0.388. The van der Waals surface area contributed by atoms with Crippen molar-refractivity contribution in [1.82, 2.24) is 4.90 Å². The molecule has 2 amide bonds. The number of rotatable bonds is 4. The molecule has 0 unspecified atom stereocenters. The third kappa shape index (κ3) is 3.40. The molecule has 3 aliphatic rings. The zero-order valence-corrected chi connectivity index (χ0v) is 19.8. The SMILES string of the molecule is C[C@H]1c2c(NC(=O)CN(C)C)ccc(O)c2C(=O)C2=C(O)[C@]3(O)C(=O)C(C(N)=O)=C(O)C[C@@H]3[C@@H](O)[C@@H]21. The lowest BCUT2D eigenvalue weighted by Gasteiger charge is -2.50. The number of aromatic hydroxyl groups is 1. The number of likely N-dealkylation sites (N-methyl/N-ethyl adjacent to an activating group) is 1. The van der Waals surface area contributed by atoms with Crippen LogP contribution >= 0.6 is 0 Å². The molecule has 0 fully saturated rings. The van der Waals surface area contributed by atoms with Crippen LogP contribution in [0.4, 0.5) is 5.69 Å². The molecule has 0 aromatic heterocycles. The molecule has 36 heavy (non-hydrogen) atoms. The van der Waals surface area contributed by atoms with Crippen molar-refractivity contribution in [2.75, 3.05) is 26.0 Å². The minimum Gasteiger partial charge on any atom is -0.511 e. The van der Waals surface area contributed by atoms with Crippen LogP contribution < -0.4 is 11.1 Å². The van der Waals surface area contributed by atoms with Crippen LogP contribution in [0.3, 0.4) is 0 Å².